The van der Waals surface area contributed by atoms with Crippen LogP contribution in [0.1, 0.15) is 25.7 Å². The lowest BCUT2D eigenvalue weighted by Crippen LogP contribution is -2.29. The second kappa shape index (κ2) is 6.23. The molecule has 1 aromatic carbocycles. The summed E-state index contributed by atoms with van der Waals surface area (Å²) < 4.78 is 0. The molecule has 0 radical (unpaired) electrons. The Bertz CT molecular complexity index is 593. The van der Waals surface area contributed by atoms with Crippen molar-refractivity contribution < 1.29 is 4.79 Å². The van der Waals surface area contributed by atoms with Crippen molar-refractivity contribution >= 4 is 29.0 Å². The van der Waals surface area contributed by atoms with E-state index in [2.05, 4.69) is 36.6 Å². The molecule has 0 aliphatic carbocycles. The highest BCUT2D eigenvalue weighted by atomic mass is 32.2. The minimum atomic E-state index is -0.222. The summed E-state index contributed by atoms with van der Waals surface area (Å²) in [5.74, 6) is 5.79. The maximum atomic E-state index is 11.5. The lowest BCUT2D eigenvalue weighted by molar-refractivity contribution is 0.0957. The number of hydrogen-bond donors (Lipinski definition) is 2. The van der Waals surface area contributed by atoms with Crippen LogP contribution in [0.5, 0.6) is 0 Å². The van der Waals surface area contributed by atoms with Gasteiger partial charge in [-0.15, -0.1) is 23.1 Å². The summed E-state index contributed by atoms with van der Waals surface area (Å²) in [4.78, 5) is 14.5. The lowest BCUT2D eigenvalue weighted by atomic mass is 10.2. The molecule has 1 amide bonds. The molecule has 2 rings (SSSR count). The van der Waals surface area contributed by atoms with Gasteiger partial charge in [0.15, 0.2) is 0 Å². The molecule has 1 aromatic heterocycles. The molecular weight excluding hydrogens is 276 g/mol. The molecule has 3 N–H and O–H groups in total. The molecule has 0 saturated carbocycles. The molecule has 19 heavy (non-hydrogen) atoms. The van der Waals surface area contributed by atoms with Crippen LogP contribution in [-0.4, -0.2) is 5.91 Å². The van der Waals surface area contributed by atoms with E-state index >= 15 is 0 Å². The number of hydrazine groups is 1. The topological polar surface area (TPSA) is 55.1 Å². The summed E-state index contributed by atoms with van der Waals surface area (Å²) in [6, 6.07) is 10.3. The van der Waals surface area contributed by atoms with Crippen LogP contribution in [0, 0.1) is 13.8 Å². The van der Waals surface area contributed by atoms with Crippen molar-refractivity contribution in [2.75, 3.05) is 0 Å². The number of thioether (sulfide) groups is 1. The van der Waals surface area contributed by atoms with Crippen molar-refractivity contribution in [1.82, 2.24) is 5.43 Å². The van der Waals surface area contributed by atoms with Crippen molar-refractivity contribution in [3.63, 3.8) is 0 Å². The Morgan fingerprint density at radius 2 is 2.16 bits per heavy atom. The van der Waals surface area contributed by atoms with E-state index in [-0.39, 0.29) is 5.91 Å². The van der Waals surface area contributed by atoms with Crippen LogP contribution in [0.25, 0.3) is 0 Å². The number of thiophene rings is 1. The average molecular weight is 292 g/mol. The monoisotopic (exact) mass is 292 g/mol. The molecule has 100 valence electrons. The van der Waals surface area contributed by atoms with Crippen LogP contribution in [0.2, 0.25) is 0 Å². The van der Waals surface area contributed by atoms with Gasteiger partial charge in [-0.2, -0.15) is 0 Å². The number of benzene rings is 1. The lowest BCUT2D eigenvalue weighted by Gasteiger charge is -2.02. The Balaban J connectivity index is 2.07. The Kier molecular flexibility index (Phi) is 4.63. The number of hydrogen-bond acceptors (Lipinski definition) is 4. The van der Waals surface area contributed by atoms with Gasteiger partial charge < -0.3 is 0 Å². The highest BCUT2D eigenvalue weighted by Crippen LogP contribution is 2.29. The Labute approximate surface area is 121 Å². The van der Waals surface area contributed by atoms with Crippen molar-refractivity contribution in [1.29, 1.82) is 0 Å². The molecule has 0 unspecified atom stereocenters. The fraction of sp³-hybridized carbons (Fsp3) is 0.214. The fourth-order valence-corrected chi connectivity index (χ4v) is 3.81. The van der Waals surface area contributed by atoms with E-state index in [0.29, 0.717) is 4.88 Å². The van der Waals surface area contributed by atoms with Gasteiger partial charge in [0, 0.05) is 15.5 Å². The van der Waals surface area contributed by atoms with E-state index < -0.39 is 0 Å². The zero-order valence-corrected chi connectivity index (χ0v) is 12.5. The van der Waals surface area contributed by atoms with E-state index in [0.717, 1.165) is 5.75 Å². The molecule has 1 heterocycles. The van der Waals surface area contributed by atoms with Crippen molar-refractivity contribution in [2.24, 2.45) is 5.84 Å². The van der Waals surface area contributed by atoms with Gasteiger partial charge in [-0.05, 0) is 37.6 Å². The molecule has 0 aliphatic heterocycles. The third kappa shape index (κ3) is 3.59. The third-order valence-corrected chi connectivity index (χ3v) is 4.89. The molecule has 0 fully saturated rings. The van der Waals surface area contributed by atoms with E-state index in [1.165, 1.54) is 32.2 Å². The summed E-state index contributed by atoms with van der Waals surface area (Å²) >= 11 is 3.26. The smallest absolute Gasteiger partial charge is 0.275 e. The maximum absolute atomic E-state index is 11.5. The van der Waals surface area contributed by atoms with Gasteiger partial charge in [0.1, 0.15) is 0 Å². The second-order valence-corrected chi connectivity index (χ2v) is 6.58. The number of rotatable bonds is 4. The minimum absolute atomic E-state index is 0.222. The first-order valence-corrected chi connectivity index (χ1v) is 7.70. The SMILES string of the molecule is Cc1cccc(SCc2cc(C(=O)NN)sc2C)c1. The normalized spacial score (nSPS) is 10.5. The highest BCUT2D eigenvalue weighted by molar-refractivity contribution is 7.98. The average Bonchev–Trinajstić information content (AvgIpc) is 2.77. The third-order valence-electron chi connectivity index (χ3n) is 2.76. The summed E-state index contributed by atoms with van der Waals surface area (Å²) in [6.45, 7) is 4.12. The second-order valence-electron chi connectivity index (χ2n) is 4.27. The minimum Gasteiger partial charge on any atom is -0.289 e. The van der Waals surface area contributed by atoms with Gasteiger partial charge in [-0.25, -0.2) is 5.84 Å². The number of nitrogens with two attached hydrogens (primary N) is 1. The summed E-state index contributed by atoms with van der Waals surface area (Å²) in [5.41, 5.74) is 4.62. The number of carbonyl (C=O) groups is 1. The molecule has 3 nitrogen and oxygen atoms in total. The number of nitrogen functional groups attached to an aromatic ring is 1. The largest absolute Gasteiger partial charge is 0.289 e. The zero-order valence-electron chi connectivity index (χ0n) is 10.9. The van der Waals surface area contributed by atoms with E-state index in [4.69, 9.17) is 5.84 Å². The first-order chi connectivity index (χ1) is 9.10. The number of aryl methyl sites for hydroxylation is 2. The first kappa shape index (κ1) is 14.1. The summed E-state index contributed by atoms with van der Waals surface area (Å²) in [6.07, 6.45) is 0. The van der Waals surface area contributed by atoms with E-state index in [1.54, 1.807) is 11.8 Å². The first-order valence-electron chi connectivity index (χ1n) is 5.90. The van der Waals surface area contributed by atoms with Crippen LogP contribution in [-0.2, 0) is 5.75 Å². The van der Waals surface area contributed by atoms with Gasteiger partial charge in [0.25, 0.3) is 5.91 Å². The van der Waals surface area contributed by atoms with Crippen molar-refractivity contribution in [2.45, 2.75) is 24.5 Å². The van der Waals surface area contributed by atoms with Crippen LogP contribution in [0.3, 0.4) is 0 Å². The standard InChI is InChI=1S/C14H16N2OS2/c1-9-4-3-5-12(6-9)18-8-11-7-13(14(17)16-15)19-10(11)2/h3-7H,8,15H2,1-2H3,(H,16,17). The fourth-order valence-electron chi connectivity index (χ4n) is 1.71. The van der Waals surface area contributed by atoms with Gasteiger partial charge in [-0.1, -0.05) is 17.7 Å². The van der Waals surface area contributed by atoms with E-state index in [9.17, 15) is 4.79 Å². The summed E-state index contributed by atoms with van der Waals surface area (Å²) in [7, 11) is 0. The summed E-state index contributed by atoms with van der Waals surface area (Å²) in [5, 5.41) is 0. The molecule has 0 saturated heterocycles. The zero-order chi connectivity index (χ0) is 13.8. The molecule has 2 aromatic rings. The van der Waals surface area contributed by atoms with E-state index in [1.807, 2.05) is 13.0 Å². The quantitative estimate of drug-likeness (QED) is 0.393. The predicted octanol–water partition coefficient (Wildman–Crippen LogP) is 3.26. The molecule has 0 aliphatic rings. The molecule has 0 bridgehead atoms. The molecular formula is C14H16N2OS2. The van der Waals surface area contributed by atoms with Gasteiger partial charge >= 0.3 is 0 Å². The van der Waals surface area contributed by atoms with Crippen LogP contribution in [0.4, 0.5) is 0 Å². The highest BCUT2D eigenvalue weighted by Gasteiger charge is 2.11. The molecule has 0 atom stereocenters. The Morgan fingerprint density at radius 3 is 2.84 bits per heavy atom. The number of amides is 1. The Morgan fingerprint density at radius 1 is 1.37 bits per heavy atom. The molecule has 5 heteroatoms. The van der Waals surface area contributed by atoms with Crippen LogP contribution in [0.15, 0.2) is 35.2 Å². The Hall–Kier alpha value is -1.30. The van der Waals surface area contributed by atoms with Gasteiger partial charge in [0.2, 0.25) is 0 Å². The van der Waals surface area contributed by atoms with Crippen LogP contribution < -0.4 is 11.3 Å². The van der Waals surface area contributed by atoms with Gasteiger partial charge in [0.05, 0.1) is 4.88 Å². The number of nitrogens with one attached hydrogen (secondary N) is 1. The number of carbonyl (C=O) groups excluding carboxylic acids is 1. The van der Waals surface area contributed by atoms with Crippen molar-refractivity contribution in [3.05, 3.63) is 51.2 Å². The van der Waals surface area contributed by atoms with Crippen molar-refractivity contribution in [3.8, 4) is 0 Å². The maximum Gasteiger partial charge on any atom is 0.275 e. The predicted molar refractivity (Wildman–Crippen MR) is 81.4 cm³/mol. The van der Waals surface area contributed by atoms with Gasteiger partial charge in [-0.3, -0.25) is 10.2 Å². The molecule has 0 spiro atoms. The van der Waals surface area contributed by atoms with Crippen LogP contribution >= 0.6 is 23.1 Å².